The lowest BCUT2D eigenvalue weighted by molar-refractivity contribution is 0.183. The number of allylic oxidation sites excluding steroid dienone is 1. The number of hydrogen-bond donors (Lipinski definition) is 2. The highest BCUT2D eigenvalue weighted by Crippen LogP contribution is 1.94. The van der Waals surface area contributed by atoms with Gasteiger partial charge in [0, 0.05) is 12.9 Å². The van der Waals surface area contributed by atoms with Crippen molar-refractivity contribution < 1.29 is 5.11 Å². The zero-order valence-electron chi connectivity index (χ0n) is 6.78. The molecule has 0 fully saturated rings. The van der Waals surface area contributed by atoms with Gasteiger partial charge in [-0.1, -0.05) is 0 Å². The van der Waals surface area contributed by atoms with Crippen LogP contribution in [0, 0.1) is 0 Å². The molecule has 0 heterocycles. The van der Waals surface area contributed by atoms with Gasteiger partial charge in [-0.05, 0) is 25.6 Å². The van der Waals surface area contributed by atoms with E-state index < -0.39 is 6.23 Å². The van der Waals surface area contributed by atoms with Crippen LogP contribution in [0.2, 0.25) is 0 Å². The molecule has 11 heavy (non-hydrogen) atoms. The highest BCUT2D eigenvalue weighted by atomic mass is 16.3. The second kappa shape index (κ2) is 5.76. The Hall–Kier alpha value is -1.00. The molecular weight excluding hydrogens is 142 g/mol. The maximum atomic E-state index is 9.14. The van der Waals surface area contributed by atoms with E-state index in [-0.39, 0.29) is 0 Å². The molecule has 1 unspecified atom stereocenters. The third-order valence-corrected chi connectivity index (χ3v) is 1.19. The Bertz CT molecular complexity index is 175. The third-order valence-electron chi connectivity index (χ3n) is 1.19. The van der Waals surface area contributed by atoms with E-state index in [4.69, 9.17) is 5.11 Å². The van der Waals surface area contributed by atoms with E-state index in [9.17, 15) is 0 Å². The van der Waals surface area contributed by atoms with E-state index in [1.165, 1.54) is 6.21 Å². The largest absolute Gasteiger partial charge is 0.375 e. The van der Waals surface area contributed by atoms with Crippen LogP contribution in [-0.2, 0) is 0 Å². The molecule has 0 amide bonds. The Morgan fingerprint density at radius 2 is 2.36 bits per heavy atom. The molecule has 0 saturated carbocycles. The van der Waals surface area contributed by atoms with Gasteiger partial charge in [-0.25, -0.2) is 0 Å². The van der Waals surface area contributed by atoms with Crippen LogP contribution in [0.1, 0.15) is 6.92 Å². The van der Waals surface area contributed by atoms with E-state index in [1.807, 2.05) is 0 Å². The molecule has 0 rings (SSSR count). The van der Waals surface area contributed by atoms with Gasteiger partial charge < -0.3 is 5.11 Å². The van der Waals surface area contributed by atoms with E-state index in [0.717, 1.165) is 5.57 Å². The van der Waals surface area contributed by atoms with Gasteiger partial charge in [-0.15, -0.1) is 0 Å². The number of likely N-dealkylation sites (N-methyl/N-ethyl adjacent to an activating group) is 1. The Kier molecular flexibility index (Phi) is 5.24. The standard InChI is InChI=1S/C7H13N3O/c1-6(7(11)8-2)4-5-10-9-3/h4-5,7-8,11H,3H2,1-2H3/b6-4+,10-5-. The maximum absolute atomic E-state index is 9.14. The highest BCUT2D eigenvalue weighted by Gasteiger charge is 1.98. The van der Waals surface area contributed by atoms with Crippen molar-refractivity contribution in [2.75, 3.05) is 7.05 Å². The number of aliphatic hydroxyl groups excluding tert-OH is 1. The first-order chi connectivity index (χ1) is 5.22. The third kappa shape index (κ3) is 4.41. The lowest BCUT2D eigenvalue weighted by Crippen LogP contribution is -2.25. The fraction of sp³-hybridized carbons (Fsp3) is 0.429. The molecule has 62 valence electrons. The minimum atomic E-state index is -0.619. The molecule has 0 bridgehead atoms. The Labute approximate surface area is 66.3 Å². The van der Waals surface area contributed by atoms with Crippen LogP contribution in [-0.4, -0.2) is 31.3 Å². The highest BCUT2D eigenvalue weighted by molar-refractivity contribution is 5.72. The van der Waals surface area contributed by atoms with Crippen molar-refractivity contribution in [3.8, 4) is 0 Å². The molecule has 0 radical (unpaired) electrons. The lowest BCUT2D eigenvalue weighted by atomic mass is 10.2. The monoisotopic (exact) mass is 155 g/mol. The number of aliphatic hydroxyl groups is 1. The van der Waals surface area contributed by atoms with Crippen molar-refractivity contribution in [3.05, 3.63) is 11.6 Å². The molecule has 0 aromatic heterocycles. The summed E-state index contributed by atoms with van der Waals surface area (Å²) >= 11 is 0. The zero-order valence-corrected chi connectivity index (χ0v) is 6.78. The van der Waals surface area contributed by atoms with Crippen molar-refractivity contribution in [1.82, 2.24) is 5.32 Å². The number of nitrogens with zero attached hydrogens (tertiary/aromatic N) is 2. The number of rotatable bonds is 4. The summed E-state index contributed by atoms with van der Waals surface area (Å²) in [6.07, 6.45) is 2.52. The number of hydrogen-bond acceptors (Lipinski definition) is 4. The van der Waals surface area contributed by atoms with Gasteiger partial charge in [0.05, 0.1) is 0 Å². The van der Waals surface area contributed by atoms with Crippen molar-refractivity contribution in [3.63, 3.8) is 0 Å². The summed E-state index contributed by atoms with van der Waals surface area (Å²) in [5, 5.41) is 18.6. The fourth-order valence-electron chi connectivity index (χ4n) is 0.517. The average Bonchev–Trinajstić information content (AvgIpc) is 2.03. The van der Waals surface area contributed by atoms with Gasteiger partial charge in [-0.2, -0.15) is 10.2 Å². The molecule has 4 heteroatoms. The van der Waals surface area contributed by atoms with Crippen LogP contribution >= 0.6 is 0 Å². The molecule has 0 aliphatic carbocycles. The minimum absolute atomic E-state index is 0.619. The summed E-state index contributed by atoms with van der Waals surface area (Å²) in [6, 6.07) is 0. The molecule has 4 nitrogen and oxygen atoms in total. The van der Waals surface area contributed by atoms with Crippen molar-refractivity contribution in [1.29, 1.82) is 0 Å². The Morgan fingerprint density at radius 3 is 2.82 bits per heavy atom. The molecule has 2 N–H and O–H groups in total. The van der Waals surface area contributed by atoms with E-state index in [2.05, 4.69) is 22.2 Å². The van der Waals surface area contributed by atoms with Crippen LogP contribution in [0.25, 0.3) is 0 Å². The first kappa shape index (κ1) is 10.0. The normalized spacial score (nSPS) is 15.4. The topological polar surface area (TPSA) is 57.0 Å². The molecule has 0 aliphatic rings. The fourth-order valence-corrected chi connectivity index (χ4v) is 0.517. The van der Waals surface area contributed by atoms with Crippen molar-refractivity contribution in [2.24, 2.45) is 10.2 Å². The first-order valence-electron chi connectivity index (χ1n) is 3.23. The molecule has 0 saturated heterocycles. The summed E-state index contributed by atoms with van der Waals surface area (Å²) < 4.78 is 0. The quantitative estimate of drug-likeness (QED) is 0.345. The van der Waals surface area contributed by atoms with Gasteiger partial charge in [0.2, 0.25) is 0 Å². The summed E-state index contributed by atoms with van der Waals surface area (Å²) in [7, 11) is 1.67. The number of nitrogens with one attached hydrogen (secondary N) is 1. The van der Waals surface area contributed by atoms with Gasteiger partial charge in [0.15, 0.2) is 0 Å². The molecule has 1 atom stereocenters. The van der Waals surface area contributed by atoms with E-state index in [0.29, 0.717) is 0 Å². The smallest absolute Gasteiger partial charge is 0.126 e. The second-order valence-electron chi connectivity index (χ2n) is 2.01. The van der Waals surface area contributed by atoms with Gasteiger partial charge >= 0.3 is 0 Å². The van der Waals surface area contributed by atoms with Crippen LogP contribution in [0.5, 0.6) is 0 Å². The Morgan fingerprint density at radius 1 is 1.73 bits per heavy atom. The van der Waals surface area contributed by atoms with Crippen molar-refractivity contribution >= 4 is 12.9 Å². The van der Waals surface area contributed by atoms with Crippen LogP contribution < -0.4 is 5.32 Å². The van der Waals surface area contributed by atoms with E-state index in [1.54, 1.807) is 20.0 Å². The SMILES string of the molecule is C=N/N=C\C=C(/C)C(O)NC. The predicted octanol–water partition coefficient (Wildman–Crippen LogP) is 0.157. The van der Waals surface area contributed by atoms with Gasteiger partial charge in [0.1, 0.15) is 6.23 Å². The van der Waals surface area contributed by atoms with Crippen LogP contribution in [0.3, 0.4) is 0 Å². The molecule has 0 aliphatic heterocycles. The molecule has 0 aromatic rings. The van der Waals surface area contributed by atoms with E-state index >= 15 is 0 Å². The zero-order chi connectivity index (χ0) is 8.69. The Balaban J connectivity index is 3.98. The minimum Gasteiger partial charge on any atom is -0.375 e. The second-order valence-corrected chi connectivity index (χ2v) is 2.01. The maximum Gasteiger partial charge on any atom is 0.126 e. The summed E-state index contributed by atoms with van der Waals surface area (Å²) in [5.41, 5.74) is 0.778. The average molecular weight is 155 g/mol. The summed E-state index contributed by atoms with van der Waals surface area (Å²) in [6.45, 7) is 4.96. The summed E-state index contributed by atoms with van der Waals surface area (Å²) in [5.74, 6) is 0. The van der Waals surface area contributed by atoms with Gasteiger partial charge in [0.25, 0.3) is 0 Å². The molecule has 0 aromatic carbocycles. The molecular formula is C7H13N3O. The van der Waals surface area contributed by atoms with Crippen LogP contribution in [0.4, 0.5) is 0 Å². The van der Waals surface area contributed by atoms with Gasteiger partial charge in [-0.3, -0.25) is 5.32 Å². The first-order valence-corrected chi connectivity index (χ1v) is 3.23. The van der Waals surface area contributed by atoms with Crippen molar-refractivity contribution in [2.45, 2.75) is 13.2 Å². The van der Waals surface area contributed by atoms with Crippen LogP contribution in [0.15, 0.2) is 21.9 Å². The predicted molar refractivity (Wildman–Crippen MR) is 46.9 cm³/mol. The summed E-state index contributed by atoms with van der Waals surface area (Å²) in [4.78, 5) is 0. The lowest BCUT2D eigenvalue weighted by Gasteiger charge is -2.07. The molecule has 0 spiro atoms.